The maximum absolute atomic E-state index is 14.1. The highest BCUT2D eigenvalue weighted by molar-refractivity contribution is 8.77. The summed E-state index contributed by atoms with van der Waals surface area (Å²) in [5.41, 5.74) is -8.57. The molecule has 2 saturated heterocycles. The van der Waals surface area contributed by atoms with Crippen LogP contribution in [-0.4, -0.2) is 318 Å². The molecule has 16 atom stereocenters. The van der Waals surface area contributed by atoms with Gasteiger partial charge in [0.05, 0.1) is 123 Å². The SMILES string of the molecule is CCC(CCC(O)CCCC(=O)OC(CCCC(=O)OCCOCCOC)CCC(CC)SCCOC(=O)CCSSCCC(=O)N[C@H]1C[C@H](O[C@H]2C[C@](O)(C(=O)CO)Cc3c(O)c4c(c(O)c32)C(=O)c2c(OC)cccc2C4=O)O[C@@H](C)[C@@H]1O)SCCOC(=O)CCSSCCC(=O)N[C@H]1C[C@H](O[C@H]2C[C@](O)(C(=O)CO)Cc3c(O)c4c(c(O)c32)C(=O)c2c(OC)cccc2C4=O)O[C@@H](C)[C@@H]1O. The van der Waals surface area contributed by atoms with Gasteiger partial charge in [0.1, 0.15) is 97.0 Å². The number of hydrogen-bond acceptors (Lipinski definition) is 41. The summed E-state index contributed by atoms with van der Waals surface area (Å²) in [6.07, 6.45) is -8.30. The summed E-state index contributed by atoms with van der Waals surface area (Å²) in [5.74, 6) is -8.56. The number of amides is 2. The number of benzene rings is 4. The van der Waals surface area contributed by atoms with Gasteiger partial charge in [-0.3, -0.25) is 57.5 Å². The number of phenols is 4. The molecule has 0 spiro atoms. The van der Waals surface area contributed by atoms with Crippen molar-refractivity contribution in [3.8, 4) is 34.5 Å². The van der Waals surface area contributed by atoms with E-state index in [9.17, 15) is 114 Å². The molecule has 2 fully saturated rings. The molecule has 4 aromatic rings. The molecule has 2 amide bonds. The number of rotatable bonds is 57. The number of Topliss-reactive ketones (excluding diaryl/α,β-unsaturated/α-hetero) is 2. The van der Waals surface area contributed by atoms with E-state index in [-0.39, 0.29) is 144 Å². The topological polar surface area (TPSA) is 562 Å². The van der Waals surface area contributed by atoms with E-state index in [0.717, 1.165) is 12.8 Å². The van der Waals surface area contributed by atoms with E-state index < -0.39 is 239 Å². The lowest BCUT2D eigenvalue weighted by molar-refractivity contribution is -0.249. The molecule has 2 aliphatic heterocycles. The van der Waals surface area contributed by atoms with Crippen LogP contribution in [0, 0.1) is 0 Å². The predicted octanol–water partition coefficient (Wildman–Crippen LogP) is 8.14. The monoisotopic (exact) mass is 2050 g/mol. The molecule has 762 valence electrons. The van der Waals surface area contributed by atoms with Gasteiger partial charge in [-0.2, -0.15) is 23.5 Å². The Kier molecular flexibility index (Phi) is 43.8. The van der Waals surface area contributed by atoms with Crippen LogP contribution in [-0.2, 0) is 98.6 Å². The maximum Gasteiger partial charge on any atom is 0.306 e. The number of ether oxygens (including phenoxy) is 12. The molecule has 2 heterocycles. The molecule has 4 aromatic carbocycles. The number of aromatic hydroxyl groups is 4. The smallest absolute Gasteiger partial charge is 0.306 e. The summed E-state index contributed by atoms with van der Waals surface area (Å²) in [7, 11) is 9.58. The second-order valence-corrected chi connectivity index (χ2v) is 42.6. The number of thioether (sulfide) groups is 2. The summed E-state index contributed by atoms with van der Waals surface area (Å²) in [6, 6.07) is 6.63. The van der Waals surface area contributed by atoms with Crippen LogP contribution < -0.4 is 20.1 Å². The second kappa shape index (κ2) is 54.0. The third-order valence-electron chi connectivity index (χ3n) is 25.0. The van der Waals surface area contributed by atoms with Gasteiger partial charge in [0.15, 0.2) is 35.7 Å². The summed E-state index contributed by atoms with van der Waals surface area (Å²) in [5, 5.41) is 130. The molecule has 37 nitrogen and oxygen atoms in total. The number of phenolic OH excluding ortho intramolecular Hbond substituents is 4. The lowest BCUT2D eigenvalue weighted by Crippen LogP contribution is -2.56. The van der Waals surface area contributed by atoms with Crippen molar-refractivity contribution in [2.24, 2.45) is 0 Å². The molecule has 0 saturated carbocycles. The van der Waals surface area contributed by atoms with Crippen LogP contribution in [0.4, 0.5) is 0 Å². The van der Waals surface area contributed by atoms with Gasteiger partial charge in [-0.25, -0.2) is 0 Å². The maximum atomic E-state index is 14.1. The molecule has 138 heavy (non-hydrogen) atoms. The van der Waals surface area contributed by atoms with Crippen molar-refractivity contribution in [1.82, 2.24) is 10.6 Å². The highest BCUT2D eigenvalue weighted by atomic mass is 33.1. The standard InChI is InChI=1S/C95H126N2O35S6/c1-8-54(133-40-34-126-71(106)28-38-137-135-36-26-68(103)96-60-42-74(128-50(3)84(60)109)131-64-46-94(119,66(101)48-98)44-58-78(64)92(117)82-80(88(58)113)86(111)56-16-12-18-62(122-6)76(56)90(82)115)24-22-52(100)14-10-21-73(108)130-53(15-11-20-70(105)125-33-32-124-31-30-121-5)23-25-55(9-2)134-41-35-127-72(107)29-39-138-136-37-27-69(104)97-61-43-75(129-51(4)85(61)110)132-65-47-95(120,67(102)49-99)45-59-79(65)93(118)83-81(89(59)114)87(112)57-17-13-19-63(123-7)77(57)91(83)116/h12-13,16-19,50-55,60-61,64-65,74-75,84-85,98-100,109-110,113-114,117-120H,8-11,14-15,20-49H2,1-7H3,(H,96,103)(H,97,104)/t50-,51-,52?,53?,54?,55?,60-,61-,64-,65-,74-,75-,84-,85-,94-,95-/m0/s1. The summed E-state index contributed by atoms with van der Waals surface area (Å²) >= 11 is 3.26. The Morgan fingerprint density at radius 2 is 0.884 bits per heavy atom. The minimum atomic E-state index is -2.40. The lowest BCUT2D eigenvalue weighted by Gasteiger charge is -2.43. The third kappa shape index (κ3) is 29.2. The number of fused-ring (bicyclic) bond motifs is 6. The number of hydrogen-bond donors (Lipinski definition) is 13. The average molecular weight is 2050 g/mol. The molecular formula is C95H126N2O35S6. The van der Waals surface area contributed by atoms with Crippen LogP contribution in [0.25, 0.3) is 0 Å². The molecule has 43 heteroatoms. The van der Waals surface area contributed by atoms with E-state index in [1.54, 1.807) is 30.6 Å². The van der Waals surface area contributed by atoms with E-state index in [1.165, 1.54) is 108 Å². The Hall–Kier alpha value is -7.90. The van der Waals surface area contributed by atoms with Gasteiger partial charge in [-0.15, -0.1) is 0 Å². The van der Waals surface area contributed by atoms with Crippen molar-refractivity contribution in [2.45, 2.75) is 264 Å². The van der Waals surface area contributed by atoms with Gasteiger partial charge < -0.3 is 124 Å². The highest BCUT2D eigenvalue weighted by Gasteiger charge is 2.54. The van der Waals surface area contributed by atoms with Crippen molar-refractivity contribution in [1.29, 1.82) is 0 Å². The van der Waals surface area contributed by atoms with Crippen LogP contribution in [0.5, 0.6) is 34.5 Å². The molecule has 0 bridgehead atoms. The van der Waals surface area contributed by atoms with Crippen LogP contribution in [0.3, 0.4) is 0 Å². The van der Waals surface area contributed by atoms with E-state index in [1.807, 2.05) is 13.8 Å². The molecule has 10 rings (SSSR count). The van der Waals surface area contributed by atoms with Crippen molar-refractivity contribution in [3.63, 3.8) is 0 Å². The fraction of sp³-hybridized carbons (Fsp3) is 0.621. The first-order valence-corrected chi connectivity index (χ1v) is 53.3. The van der Waals surface area contributed by atoms with Crippen LogP contribution in [0.15, 0.2) is 36.4 Å². The van der Waals surface area contributed by atoms with E-state index >= 15 is 0 Å². The Labute approximate surface area is 823 Å². The fourth-order valence-electron chi connectivity index (χ4n) is 17.6. The minimum absolute atomic E-state index is 0.00524. The zero-order valence-corrected chi connectivity index (χ0v) is 83.1. The average Bonchev–Trinajstić information content (AvgIpc) is 0.712. The van der Waals surface area contributed by atoms with Crippen molar-refractivity contribution >= 4 is 137 Å². The third-order valence-corrected chi connectivity index (χ3v) is 32.7. The Bertz CT molecular complexity index is 4950. The van der Waals surface area contributed by atoms with Gasteiger partial charge in [0.25, 0.3) is 0 Å². The quantitative estimate of drug-likeness (QED) is 0.00563. The number of aliphatic hydroxyl groups is 7. The van der Waals surface area contributed by atoms with Crippen molar-refractivity contribution < 1.29 is 171 Å². The number of methoxy groups -OCH3 is 3. The number of carbonyl (C=O) groups is 12. The van der Waals surface area contributed by atoms with Gasteiger partial charge >= 0.3 is 23.9 Å². The number of aliphatic hydroxyl groups excluding tert-OH is 5. The lowest BCUT2D eigenvalue weighted by atomic mass is 9.72. The zero-order valence-electron chi connectivity index (χ0n) is 78.2. The van der Waals surface area contributed by atoms with E-state index in [0.29, 0.717) is 99.1 Å². The van der Waals surface area contributed by atoms with Crippen molar-refractivity contribution in [3.05, 3.63) is 103 Å². The van der Waals surface area contributed by atoms with Crippen LogP contribution >= 0.6 is 66.7 Å². The second-order valence-electron chi connectivity index (χ2n) is 34.4. The zero-order chi connectivity index (χ0) is 100. The predicted molar refractivity (Wildman–Crippen MR) is 510 cm³/mol. The first-order chi connectivity index (χ1) is 66.1. The molecule has 0 aromatic heterocycles. The highest BCUT2D eigenvalue weighted by Crippen LogP contribution is 2.56. The Morgan fingerprint density at radius 1 is 0.478 bits per heavy atom. The molecule has 13 N–H and O–H groups in total. The summed E-state index contributed by atoms with van der Waals surface area (Å²) in [6.45, 7) is 6.27. The number of carbonyl (C=O) groups excluding carboxylic acids is 12. The van der Waals surface area contributed by atoms with Gasteiger partial charge in [-0.1, -0.05) is 81.3 Å². The molecule has 6 aliphatic rings. The Balaban J connectivity index is 0.580. The van der Waals surface area contributed by atoms with Crippen LogP contribution in [0.2, 0.25) is 0 Å². The summed E-state index contributed by atoms with van der Waals surface area (Å²) in [4.78, 5) is 161. The van der Waals surface area contributed by atoms with E-state index in [4.69, 9.17) is 56.8 Å². The first kappa shape index (κ1) is 112. The van der Waals surface area contributed by atoms with Crippen LogP contribution in [0.1, 0.15) is 254 Å². The number of ketones is 6. The van der Waals surface area contributed by atoms with Gasteiger partial charge in [0, 0.05) is 150 Å². The summed E-state index contributed by atoms with van der Waals surface area (Å²) < 4.78 is 68.1. The number of nitrogens with one attached hydrogen (secondary N) is 2. The molecule has 0 radical (unpaired) electrons. The molecule has 4 unspecified atom stereocenters. The van der Waals surface area contributed by atoms with Gasteiger partial charge in [-0.05, 0) is 90.2 Å². The van der Waals surface area contributed by atoms with Gasteiger partial charge in [0.2, 0.25) is 23.4 Å². The minimum Gasteiger partial charge on any atom is -0.507 e. The Morgan fingerprint density at radius 3 is 1.32 bits per heavy atom. The largest absolute Gasteiger partial charge is 0.507 e. The van der Waals surface area contributed by atoms with E-state index in [2.05, 4.69) is 10.6 Å². The number of esters is 4. The molecular weight excluding hydrogens is 1920 g/mol. The fourth-order valence-corrected chi connectivity index (χ4v) is 23.6. The molecule has 4 aliphatic carbocycles. The first-order valence-electron chi connectivity index (χ1n) is 46.2. The van der Waals surface area contributed by atoms with Crippen molar-refractivity contribution in [2.75, 3.05) is 109 Å². The normalized spacial score (nSPS) is 22.8.